The van der Waals surface area contributed by atoms with Crippen molar-refractivity contribution in [2.75, 3.05) is 0 Å². The monoisotopic (exact) mass is 269 g/mol. The second-order valence-electron chi connectivity index (χ2n) is 5.36. The van der Waals surface area contributed by atoms with Crippen molar-refractivity contribution in [3.63, 3.8) is 0 Å². The molecule has 0 aromatic rings. The zero-order valence-electron chi connectivity index (χ0n) is 11.9. The lowest BCUT2D eigenvalue weighted by Gasteiger charge is -2.25. The molecule has 0 aromatic heterocycles. The molecule has 1 saturated carbocycles. The van der Waals surface area contributed by atoms with Crippen LogP contribution in [0, 0.1) is 5.92 Å². The Kier molecular flexibility index (Phi) is 5.99. The number of carbonyl (C=O) groups excluding carboxylic acids is 3. The van der Waals surface area contributed by atoms with Crippen LogP contribution >= 0.6 is 0 Å². The number of esters is 1. The van der Waals surface area contributed by atoms with Gasteiger partial charge in [-0.3, -0.25) is 9.59 Å². The summed E-state index contributed by atoms with van der Waals surface area (Å²) in [6.07, 6.45) is 4.42. The first-order valence-electron chi connectivity index (χ1n) is 6.93. The summed E-state index contributed by atoms with van der Waals surface area (Å²) in [4.78, 5) is 35.4. The highest BCUT2D eigenvalue weighted by molar-refractivity contribution is 6.06. The molecule has 1 rings (SSSR count). The molecule has 1 aliphatic carbocycles. The number of hydrogen-bond donors (Lipinski definition) is 1. The fourth-order valence-corrected chi connectivity index (χ4v) is 2.37. The lowest BCUT2D eigenvalue weighted by molar-refractivity contribution is -0.155. The van der Waals surface area contributed by atoms with Gasteiger partial charge < -0.3 is 10.1 Å². The molecule has 1 unspecified atom stereocenters. The van der Waals surface area contributed by atoms with Crippen molar-refractivity contribution in [2.24, 2.45) is 5.92 Å². The van der Waals surface area contributed by atoms with E-state index in [0.717, 1.165) is 32.1 Å². The predicted molar refractivity (Wildman–Crippen MR) is 70.4 cm³/mol. The van der Waals surface area contributed by atoms with E-state index in [4.69, 9.17) is 4.74 Å². The molecule has 0 spiro atoms. The molecule has 0 heterocycles. The highest BCUT2D eigenvalue weighted by atomic mass is 16.5. The van der Waals surface area contributed by atoms with Gasteiger partial charge in [-0.05, 0) is 26.7 Å². The van der Waals surface area contributed by atoms with Crippen molar-refractivity contribution < 1.29 is 19.1 Å². The van der Waals surface area contributed by atoms with E-state index in [1.54, 1.807) is 13.8 Å². The van der Waals surface area contributed by atoms with E-state index < -0.39 is 17.9 Å². The molecule has 108 valence electrons. The number of nitrogens with one attached hydrogen (secondary N) is 1. The molecule has 19 heavy (non-hydrogen) atoms. The largest absolute Gasteiger partial charge is 0.461 e. The zero-order valence-corrected chi connectivity index (χ0v) is 11.9. The third kappa shape index (κ3) is 5.01. The van der Waals surface area contributed by atoms with Crippen LogP contribution in [0.15, 0.2) is 0 Å². The van der Waals surface area contributed by atoms with Gasteiger partial charge in [0.25, 0.3) is 0 Å². The second kappa shape index (κ2) is 7.26. The molecule has 1 aliphatic rings. The van der Waals surface area contributed by atoms with Gasteiger partial charge in [0.15, 0.2) is 11.8 Å². The van der Waals surface area contributed by atoms with Crippen molar-refractivity contribution in [3.05, 3.63) is 0 Å². The van der Waals surface area contributed by atoms with Gasteiger partial charge in [0.2, 0.25) is 5.91 Å². The highest BCUT2D eigenvalue weighted by Gasteiger charge is 2.35. The minimum absolute atomic E-state index is 0.134. The first kappa shape index (κ1) is 15.7. The molecule has 1 fully saturated rings. The second-order valence-corrected chi connectivity index (χ2v) is 5.36. The molecule has 0 aromatic carbocycles. The Morgan fingerprint density at radius 2 is 1.68 bits per heavy atom. The van der Waals surface area contributed by atoms with Crippen molar-refractivity contribution in [2.45, 2.75) is 65.0 Å². The smallest absolute Gasteiger partial charge is 0.336 e. The average Bonchev–Trinajstić information content (AvgIpc) is 2.35. The SMILES string of the molecule is CC(=O)NC(C(=O)OC(C)C)C(=O)C1CCCCC1. The minimum atomic E-state index is -1.15. The molecule has 1 atom stereocenters. The Hall–Kier alpha value is -1.39. The van der Waals surface area contributed by atoms with E-state index >= 15 is 0 Å². The van der Waals surface area contributed by atoms with E-state index in [9.17, 15) is 14.4 Å². The summed E-state index contributed by atoms with van der Waals surface area (Å²) in [6.45, 7) is 4.73. The molecule has 0 bridgehead atoms. The lowest BCUT2D eigenvalue weighted by Crippen LogP contribution is -2.49. The first-order valence-corrected chi connectivity index (χ1v) is 6.93. The van der Waals surface area contributed by atoms with Crippen LogP contribution in [0.25, 0.3) is 0 Å². The van der Waals surface area contributed by atoms with E-state index in [1.165, 1.54) is 6.92 Å². The molecule has 0 saturated heterocycles. The number of ether oxygens (including phenoxy) is 1. The first-order chi connectivity index (χ1) is 8.91. The summed E-state index contributed by atoms with van der Waals surface area (Å²) < 4.78 is 5.05. The highest BCUT2D eigenvalue weighted by Crippen LogP contribution is 2.25. The molecule has 1 amide bonds. The number of rotatable bonds is 5. The van der Waals surface area contributed by atoms with E-state index in [0.29, 0.717) is 0 Å². The Morgan fingerprint density at radius 3 is 2.16 bits per heavy atom. The fourth-order valence-electron chi connectivity index (χ4n) is 2.37. The predicted octanol–water partition coefficient (Wildman–Crippen LogP) is 1.59. The molecule has 5 heteroatoms. The quantitative estimate of drug-likeness (QED) is 0.607. The molecule has 0 aliphatic heterocycles. The van der Waals surface area contributed by atoms with Crippen LogP contribution < -0.4 is 5.32 Å². The summed E-state index contributed by atoms with van der Waals surface area (Å²) in [5.74, 6) is -1.39. The van der Waals surface area contributed by atoms with Crippen molar-refractivity contribution in [1.82, 2.24) is 5.32 Å². The Labute approximate surface area is 114 Å². The van der Waals surface area contributed by atoms with Crippen LogP contribution in [0.3, 0.4) is 0 Å². The minimum Gasteiger partial charge on any atom is -0.461 e. The van der Waals surface area contributed by atoms with Gasteiger partial charge >= 0.3 is 5.97 Å². The van der Waals surface area contributed by atoms with Crippen LogP contribution in [-0.4, -0.2) is 29.8 Å². The van der Waals surface area contributed by atoms with Gasteiger partial charge in [0.05, 0.1) is 6.10 Å². The molecule has 0 radical (unpaired) electrons. The van der Waals surface area contributed by atoms with Gasteiger partial charge in [0, 0.05) is 12.8 Å². The maximum Gasteiger partial charge on any atom is 0.336 e. The third-order valence-corrected chi connectivity index (χ3v) is 3.23. The van der Waals surface area contributed by atoms with Crippen molar-refractivity contribution in [1.29, 1.82) is 0 Å². The normalized spacial score (nSPS) is 17.9. The zero-order chi connectivity index (χ0) is 14.4. The van der Waals surface area contributed by atoms with Gasteiger partial charge in [-0.1, -0.05) is 19.3 Å². The van der Waals surface area contributed by atoms with E-state index in [1.807, 2.05) is 0 Å². The summed E-state index contributed by atoms with van der Waals surface area (Å²) in [7, 11) is 0. The van der Waals surface area contributed by atoms with Crippen LogP contribution in [0.1, 0.15) is 52.9 Å². The number of amides is 1. The van der Waals surface area contributed by atoms with E-state index in [-0.39, 0.29) is 17.8 Å². The van der Waals surface area contributed by atoms with Crippen LogP contribution in [0.4, 0.5) is 0 Å². The van der Waals surface area contributed by atoms with Crippen LogP contribution in [-0.2, 0) is 19.1 Å². The Morgan fingerprint density at radius 1 is 1.11 bits per heavy atom. The molecule has 5 nitrogen and oxygen atoms in total. The number of Topliss-reactive ketones (excluding diaryl/α,β-unsaturated/α-hetero) is 1. The Balaban J connectivity index is 2.73. The Bertz CT molecular complexity index is 345. The van der Waals surface area contributed by atoms with Crippen LogP contribution in [0.5, 0.6) is 0 Å². The number of hydrogen-bond acceptors (Lipinski definition) is 4. The van der Waals surface area contributed by atoms with Gasteiger partial charge in [-0.25, -0.2) is 4.79 Å². The summed E-state index contributed by atoms with van der Waals surface area (Å²) in [6, 6.07) is -1.15. The maximum atomic E-state index is 12.3. The summed E-state index contributed by atoms with van der Waals surface area (Å²) in [5, 5.41) is 2.42. The molecule has 1 N–H and O–H groups in total. The van der Waals surface area contributed by atoms with Gasteiger partial charge in [-0.15, -0.1) is 0 Å². The summed E-state index contributed by atoms with van der Waals surface area (Å²) in [5.41, 5.74) is 0. The molecular weight excluding hydrogens is 246 g/mol. The summed E-state index contributed by atoms with van der Waals surface area (Å²) >= 11 is 0. The van der Waals surface area contributed by atoms with Crippen molar-refractivity contribution >= 4 is 17.7 Å². The fraction of sp³-hybridized carbons (Fsp3) is 0.786. The third-order valence-electron chi connectivity index (χ3n) is 3.23. The van der Waals surface area contributed by atoms with E-state index in [2.05, 4.69) is 5.32 Å². The number of ketones is 1. The van der Waals surface area contributed by atoms with Crippen LogP contribution in [0.2, 0.25) is 0 Å². The van der Waals surface area contributed by atoms with Gasteiger partial charge in [0.1, 0.15) is 0 Å². The number of carbonyl (C=O) groups is 3. The van der Waals surface area contributed by atoms with Gasteiger partial charge in [-0.2, -0.15) is 0 Å². The average molecular weight is 269 g/mol. The standard InChI is InChI=1S/C14H23NO4/c1-9(2)19-14(18)12(15-10(3)16)13(17)11-7-5-4-6-8-11/h9,11-12H,4-8H2,1-3H3,(H,15,16). The lowest BCUT2D eigenvalue weighted by atomic mass is 9.83. The molecular formula is C14H23NO4. The maximum absolute atomic E-state index is 12.3. The topological polar surface area (TPSA) is 72.5 Å². The van der Waals surface area contributed by atoms with Crippen molar-refractivity contribution in [3.8, 4) is 0 Å².